The number of hydrogen-bond acceptors (Lipinski definition) is 5. The normalized spacial score (nSPS) is 17.8. The summed E-state index contributed by atoms with van der Waals surface area (Å²) < 4.78 is 30.7. The van der Waals surface area contributed by atoms with E-state index in [1.54, 1.807) is 6.20 Å². The van der Waals surface area contributed by atoms with Crippen molar-refractivity contribution < 1.29 is 12.8 Å². The van der Waals surface area contributed by atoms with Gasteiger partial charge in [-0.15, -0.1) is 0 Å². The maximum absolute atomic E-state index is 11.7. The Labute approximate surface area is 147 Å². The van der Waals surface area contributed by atoms with Gasteiger partial charge in [0.15, 0.2) is 5.76 Å². The predicted octanol–water partition coefficient (Wildman–Crippen LogP) is 2.46. The monoisotopic (exact) mass is 369 g/mol. The summed E-state index contributed by atoms with van der Waals surface area (Å²) in [6, 6.07) is 7.41. The van der Waals surface area contributed by atoms with Crippen molar-refractivity contribution in [2.24, 2.45) is 0 Å². The van der Waals surface area contributed by atoms with Crippen molar-refractivity contribution in [2.45, 2.75) is 13.0 Å². The van der Waals surface area contributed by atoms with Crippen molar-refractivity contribution in [3.63, 3.8) is 0 Å². The Hall–Kier alpha value is -1.41. The molecule has 1 aliphatic heterocycles. The highest BCUT2D eigenvalue weighted by Gasteiger charge is 2.22. The van der Waals surface area contributed by atoms with Crippen LogP contribution < -0.4 is 0 Å². The number of hydrogen-bond donors (Lipinski definition) is 0. The van der Waals surface area contributed by atoms with Crippen LogP contribution in [-0.4, -0.2) is 55.0 Å². The molecule has 0 N–H and O–H groups in total. The molecule has 0 spiro atoms. The lowest BCUT2D eigenvalue weighted by molar-refractivity contribution is 0.251. The average Bonchev–Trinajstić information content (AvgIpc) is 2.84. The Bertz CT molecular complexity index is 789. The van der Waals surface area contributed by atoms with Gasteiger partial charge in [0, 0.05) is 30.2 Å². The second-order valence-corrected chi connectivity index (χ2v) is 8.34. The van der Waals surface area contributed by atoms with E-state index in [2.05, 4.69) is 9.88 Å². The highest BCUT2D eigenvalue weighted by atomic mass is 35.5. The summed E-state index contributed by atoms with van der Waals surface area (Å²) in [7, 11) is -3.12. The number of aromatic nitrogens is 1. The molecule has 1 aromatic carbocycles. The molecule has 24 heavy (non-hydrogen) atoms. The van der Waals surface area contributed by atoms with Crippen LogP contribution in [0.5, 0.6) is 0 Å². The fourth-order valence-corrected chi connectivity index (χ4v) is 3.76. The maximum atomic E-state index is 11.7. The molecule has 130 valence electrons. The van der Waals surface area contributed by atoms with Crippen LogP contribution in [-0.2, 0) is 16.6 Å². The van der Waals surface area contributed by atoms with Crippen LogP contribution in [0.25, 0.3) is 11.3 Å². The average molecular weight is 370 g/mol. The number of rotatable bonds is 4. The summed E-state index contributed by atoms with van der Waals surface area (Å²) in [5.74, 6) is 1.34. The Kier molecular flexibility index (Phi) is 5.24. The fourth-order valence-electron chi connectivity index (χ4n) is 2.76. The SMILES string of the molecule is CS(=O)(=O)N1CCCN(Cc2ncc(-c3ccc(Cl)cc3)o2)CC1. The van der Waals surface area contributed by atoms with E-state index in [1.807, 2.05) is 24.3 Å². The van der Waals surface area contributed by atoms with E-state index in [9.17, 15) is 8.42 Å². The molecule has 0 unspecified atom stereocenters. The Morgan fingerprint density at radius 2 is 1.92 bits per heavy atom. The van der Waals surface area contributed by atoms with E-state index >= 15 is 0 Å². The maximum Gasteiger partial charge on any atom is 0.211 e. The molecule has 1 fully saturated rings. The smallest absolute Gasteiger partial charge is 0.211 e. The number of benzene rings is 1. The Balaban J connectivity index is 1.63. The molecule has 0 radical (unpaired) electrons. The second-order valence-electron chi connectivity index (χ2n) is 5.92. The van der Waals surface area contributed by atoms with Gasteiger partial charge in [0.2, 0.25) is 15.9 Å². The quantitative estimate of drug-likeness (QED) is 0.828. The summed E-state index contributed by atoms with van der Waals surface area (Å²) in [5.41, 5.74) is 0.928. The molecule has 2 heterocycles. The van der Waals surface area contributed by atoms with Crippen LogP contribution in [0.15, 0.2) is 34.9 Å². The van der Waals surface area contributed by atoms with Gasteiger partial charge in [-0.1, -0.05) is 11.6 Å². The zero-order valence-electron chi connectivity index (χ0n) is 13.5. The first kappa shape index (κ1) is 17.4. The van der Waals surface area contributed by atoms with Crippen LogP contribution in [0.4, 0.5) is 0 Å². The summed E-state index contributed by atoms with van der Waals surface area (Å²) in [6.45, 7) is 3.14. The van der Waals surface area contributed by atoms with Gasteiger partial charge < -0.3 is 4.42 Å². The van der Waals surface area contributed by atoms with Crippen LogP contribution in [0.2, 0.25) is 5.02 Å². The molecule has 0 bridgehead atoms. The molecule has 6 nitrogen and oxygen atoms in total. The minimum Gasteiger partial charge on any atom is -0.439 e. The third-order valence-corrected chi connectivity index (χ3v) is 5.61. The zero-order chi connectivity index (χ0) is 17.2. The highest BCUT2D eigenvalue weighted by molar-refractivity contribution is 7.88. The molecular formula is C16H20ClN3O3S. The van der Waals surface area contributed by atoms with Crippen molar-refractivity contribution in [3.8, 4) is 11.3 Å². The molecule has 2 aromatic rings. The van der Waals surface area contributed by atoms with Gasteiger partial charge in [0.25, 0.3) is 0 Å². The van der Waals surface area contributed by atoms with E-state index in [1.165, 1.54) is 10.6 Å². The van der Waals surface area contributed by atoms with Gasteiger partial charge in [-0.3, -0.25) is 4.90 Å². The summed E-state index contributed by atoms with van der Waals surface area (Å²) in [6.07, 6.45) is 3.77. The first-order valence-electron chi connectivity index (χ1n) is 7.80. The lowest BCUT2D eigenvalue weighted by Crippen LogP contribution is -2.34. The van der Waals surface area contributed by atoms with Gasteiger partial charge in [-0.05, 0) is 37.2 Å². The number of oxazole rings is 1. The minimum atomic E-state index is -3.12. The third kappa shape index (κ3) is 4.36. The van der Waals surface area contributed by atoms with Crippen LogP contribution in [0.3, 0.4) is 0 Å². The van der Waals surface area contributed by atoms with Gasteiger partial charge >= 0.3 is 0 Å². The van der Waals surface area contributed by atoms with E-state index in [0.717, 1.165) is 18.5 Å². The van der Waals surface area contributed by atoms with Crippen LogP contribution >= 0.6 is 11.6 Å². The molecule has 8 heteroatoms. The van der Waals surface area contributed by atoms with Crippen molar-refractivity contribution >= 4 is 21.6 Å². The lowest BCUT2D eigenvalue weighted by atomic mass is 10.2. The molecule has 1 saturated heterocycles. The third-order valence-electron chi connectivity index (χ3n) is 4.06. The van der Waals surface area contributed by atoms with Crippen LogP contribution in [0, 0.1) is 0 Å². The topological polar surface area (TPSA) is 66.7 Å². The van der Waals surface area contributed by atoms with Crippen molar-refractivity contribution in [1.29, 1.82) is 0 Å². The lowest BCUT2D eigenvalue weighted by Gasteiger charge is -2.19. The summed E-state index contributed by atoms with van der Waals surface area (Å²) >= 11 is 5.89. The van der Waals surface area contributed by atoms with E-state index in [0.29, 0.717) is 42.9 Å². The first-order valence-corrected chi connectivity index (χ1v) is 10.0. The molecule has 3 rings (SSSR count). The van der Waals surface area contributed by atoms with Gasteiger partial charge in [0.1, 0.15) is 0 Å². The minimum absolute atomic E-state index is 0.504. The molecule has 0 aliphatic carbocycles. The van der Waals surface area contributed by atoms with Crippen LogP contribution in [0.1, 0.15) is 12.3 Å². The fraction of sp³-hybridized carbons (Fsp3) is 0.438. The predicted molar refractivity (Wildman–Crippen MR) is 93.3 cm³/mol. The van der Waals surface area contributed by atoms with E-state index < -0.39 is 10.0 Å². The molecule has 0 atom stereocenters. The van der Waals surface area contributed by atoms with Gasteiger partial charge in [0.05, 0.1) is 19.0 Å². The molecule has 1 aliphatic rings. The van der Waals surface area contributed by atoms with Crippen molar-refractivity contribution in [3.05, 3.63) is 41.4 Å². The van der Waals surface area contributed by atoms with Gasteiger partial charge in [-0.2, -0.15) is 0 Å². The van der Waals surface area contributed by atoms with Crippen molar-refractivity contribution in [2.75, 3.05) is 32.4 Å². The Morgan fingerprint density at radius 1 is 1.17 bits per heavy atom. The number of halogens is 1. The van der Waals surface area contributed by atoms with Crippen molar-refractivity contribution in [1.82, 2.24) is 14.2 Å². The van der Waals surface area contributed by atoms with E-state index in [-0.39, 0.29) is 0 Å². The first-order chi connectivity index (χ1) is 11.4. The standard InChI is InChI=1S/C16H20ClN3O3S/c1-24(21,22)20-8-2-7-19(9-10-20)12-16-18-11-15(23-16)13-3-5-14(17)6-4-13/h3-6,11H,2,7-10,12H2,1H3. The molecule has 0 saturated carbocycles. The summed E-state index contributed by atoms with van der Waals surface area (Å²) in [4.78, 5) is 6.50. The van der Waals surface area contributed by atoms with Gasteiger partial charge in [-0.25, -0.2) is 17.7 Å². The zero-order valence-corrected chi connectivity index (χ0v) is 15.1. The molecule has 0 amide bonds. The summed E-state index contributed by atoms with van der Waals surface area (Å²) in [5, 5.41) is 0.679. The second kappa shape index (κ2) is 7.23. The highest BCUT2D eigenvalue weighted by Crippen LogP contribution is 2.23. The Morgan fingerprint density at radius 3 is 2.62 bits per heavy atom. The largest absolute Gasteiger partial charge is 0.439 e. The molecule has 1 aromatic heterocycles. The molecular weight excluding hydrogens is 350 g/mol. The number of sulfonamides is 1. The number of nitrogens with zero attached hydrogens (tertiary/aromatic N) is 3. The van der Waals surface area contributed by atoms with E-state index in [4.69, 9.17) is 16.0 Å².